The quantitative estimate of drug-likeness (QED) is 0.661. The lowest BCUT2D eigenvalue weighted by Gasteiger charge is -2.30. The molecule has 0 unspecified atom stereocenters. The molecular formula is C19H16F3N3OS. The number of amides is 2. The second kappa shape index (κ2) is 7.40. The van der Waals surface area contributed by atoms with Crippen LogP contribution < -0.4 is 16.0 Å². The monoisotopic (exact) mass is 391 g/mol. The molecule has 3 rings (SSSR count). The van der Waals surface area contributed by atoms with Gasteiger partial charge >= 0.3 is 12.2 Å². The van der Waals surface area contributed by atoms with Crippen LogP contribution in [0.3, 0.4) is 0 Å². The van der Waals surface area contributed by atoms with Crippen molar-refractivity contribution in [2.24, 2.45) is 0 Å². The van der Waals surface area contributed by atoms with Gasteiger partial charge in [0.15, 0.2) is 0 Å². The zero-order chi connectivity index (χ0) is 19.6. The largest absolute Gasteiger partial charge is 0.416 e. The number of carbonyl (C=O) groups excluding carboxylic acids is 1. The minimum absolute atomic E-state index is 0.221. The van der Waals surface area contributed by atoms with Crippen molar-refractivity contribution >= 4 is 28.9 Å². The summed E-state index contributed by atoms with van der Waals surface area (Å²) in [6.07, 6.45) is -4.44. The summed E-state index contributed by atoms with van der Waals surface area (Å²) in [5.41, 5.74) is 1.40. The number of carbonyl (C=O) groups is 1. The highest BCUT2D eigenvalue weighted by Crippen LogP contribution is 2.32. The smallest absolute Gasteiger partial charge is 0.346 e. The number of hydrogen-bond acceptors (Lipinski definition) is 2. The standard InChI is InChI=1S/C19H16F3N3OS/c1-11-15(16(25-18(26)23-11)12-6-3-2-4-7-12)17(27)24-14-9-5-8-13(10-14)19(20,21)22/h2-10,16H,1H3,(H,24,27)(H2,23,25,26)/t16-/m1/s1. The van der Waals surface area contributed by atoms with Gasteiger partial charge in [0.2, 0.25) is 0 Å². The number of allylic oxidation sites excluding steroid dienone is 1. The summed E-state index contributed by atoms with van der Waals surface area (Å²) in [5, 5.41) is 8.30. The average molecular weight is 391 g/mol. The number of halogens is 3. The van der Waals surface area contributed by atoms with E-state index in [9.17, 15) is 18.0 Å². The molecule has 140 valence electrons. The predicted molar refractivity (Wildman–Crippen MR) is 101 cm³/mol. The summed E-state index contributed by atoms with van der Waals surface area (Å²) in [5.74, 6) is 0. The number of rotatable bonds is 3. The SMILES string of the molecule is CC1=C(C(=S)Nc2cccc(C(F)(F)F)c2)[C@@H](c2ccccc2)NC(=O)N1. The lowest BCUT2D eigenvalue weighted by Crippen LogP contribution is -2.45. The number of alkyl halides is 3. The minimum atomic E-state index is -4.44. The molecule has 0 bridgehead atoms. The van der Waals surface area contributed by atoms with Gasteiger partial charge in [-0.05, 0) is 30.7 Å². The van der Waals surface area contributed by atoms with Crippen LogP contribution in [0.1, 0.15) is 24.1 Å². The Morgan fingerprint density at radius 3 is 2.48 bits per heavy atom. The molecule has 2 amide bonds. The van der Waals surface area contributed by atoms with Crippen LogP contribution in [0.4, 0.5) is 23.7 Å². The molecule has 0 aliphatic carbocycles. The highest BCUT2D eigenvalue weighted by atomic mass is 32.1. The van der Waals surface area contributed by atoms with Crippen molar-refractivity contribution in [2.75, 3.05) is 5.32 Å². The van der Waals surface area contributed by atoms with E-state index in [1.807, 2.05) is 30.3 Å². The van der Waals surface area contributed by atoms with Gasteiger partial charge in [0, 0.05) is 17.0 Å². The Bertz CT molecular complexity index is 910. The Hall–Kier alpha value is -2.87. The van der Waals surface area contributed by atoms with Gasteiger partial charge in [-0.15, -0.1) is 0 Å². The highest BCUT2D eigenvalue weighted by Gasteiger charge is 2.31. The van der Waals surface area contributed by atoms with E-state index in [2.05, 4.69) is 16.0 Å². The van der Waals surface area contributed by atoms with Crippen LogP contribution in [0.5, 0.6) is 0 Å². The fourth-order valence-electron chi connectivity index (χ4n) is 2.86. The van der Waals surface area contributed by atoms with Crippen molar-refractivity contribution < 1.29 is 18.0 Å². The van der Waals surface area contributed by atoms with Crippen molar-refractivity contribution in [1.29, 1.82) is 0 Å². The molecule has 2 aromatic rings. The first kappa shape index (κ1) is 18.9. The van der Waals surface area contributed by atoms with Gasteiger partial charge in [0.25, 0.3) is 0 Å². The summed E-state index contributed by atoms with van der Waals surface area (Å²) in [4.78, 5) is 12.1. The molecule has 1 aliphatic heterocycles. The zero-order valence-corrected chi connectivity index (χ0v) is 15.0. The van der Waals surface area contributed by atoms with Crippen molar-refractivity contribution in [3.63, 3.8) is 0 Å². The maximum atomic E-state index is 12.9. The van der Waals surface area contributed by atoms with E-state index in [1.165, 1.54) is 12.1 Å². The molecule has 4 nitrogen and oxygen atoms in total. The third-order valence-corrected chi connectivity index (χ3v) is 4.42. The fraction of sp³-hybridized carbons (Fsp3) is 0.158. The summed E-state index contributed by atoms with van der Waals surface area (Å²) in [6.45, 7) is 1.70. The molecule has 0 saturated heterocycles. The highest BCUT2D eigenvalue weighted by molar-refractivity contribution is 7.81. The maximum Gasteiger partial charge on any atom is 0.416 e. The van der Waals surface area contributed by atoms with E-state index in [0.29, 0.717) is 11.3 Å². The number of nitrogens with one attached hydrogen (secondary N) is 3. The first-order chi connectivity index (χ1) is 12.8. The van der Waals surface area contributed by atoms with Gasteiger partial charge < -0.3 is 16.0 Å². The molecule has 27 heavy (non-hydrogen) atoms. The molecular weight excluding hydrogens is 375 g/mol. The van der Waals surface area contributed by atoms with E-state index >= 15 is 0 Å². The minimum Gasteiger partial charge on any atom is -0.346 e. The van der Waals surface area contributed by atoms with Crippen LogP contribution >= 0.6 is 12.2 Å². The number of thiocarbonyl (C=S) groups is 1. The van der Waals surface area contributed by atoms with Crippen LogP contribution in [0.15, 0.2) is 65.9 Å². The molecule has 2 aromatic carbocycles. The molecule has 0 aromatic heterocycles. The van der Waals surface area contributed by atoms with Crippen molar-refractivity contribution in [1.82, 2.24) is 10.6 Å². The molecule has 8 heteroatoms. The van der Waals surface area contributed by atoms with Gasteiger partial charge in [-0.1, -0.05) is 48.6 Å². The van der Waals surface area contributed by atoms with Crippen molar-refractivity contribution in [3.8, 4) is 0 Å². The van der Waals surface area contributed by atoms with Crippen LogP contribution in [-0.4, -0.2) is 11.0 Å². The Labute approximate surface area is 159 Å². The van der Waals surface area contributed by atoms with Gasteiger partial charge in [0.05, 0.1) is 11.6 Å². The topological polar surface area (TPSA) is 53.2 Å². The Balaban J connectivity index is 1.92. The number of anilines is 1. The van der Waals surface area contributed by atoms with E-state index in [1.54, 1.807) is 6.92 Å². The molecule has 0 radical (unpaired) electrons. The molecule has 1 atom stereocenters. The van der Waals surface area contributed by atoms with E-state index in [4.69, 9.17) is 12.2 Å². The third kappa shape index (κ3) is 4.28. The third-order valence-electron chi connectivity index (χ3n) is 4.09. The van der Waals surface area contributed by atoms with Crippen LogP contribution in [0, 0.1) is 0 Å². The lowest BCUT2D eigenvalue weighted by molar-refractivity contribution is -0.137. The van der Waals surface area contributed by atoms with Gasteiger partial charge in [-0.25, -0.2) is 4.79 Å². The fourth-order valence-corrected chi connectivity index (χ4v) is 3.25. The van der Waals surface area contributed by atoms with E-state index in [0.717, 1.165) is 17.7 Å². The van der Waals surface area contributed by atoms with Gasteiger partial charge in [0.1, 0.15) is 4.99 Å². The number of benzene rings is 2. The van der Waals surface area contributed by atoms with Crippen LogP contribution in [0.2, 0.25) is 0 Å². The summed E-state index contributed by atoms with van der Waals surface area (Å²) in [7, 11) is 0. The van der Waals surface area contributed by atoms with E-state index < -0.39 is 17.8 Å². The average Bonchev–Trinajstić information content (AvgIpc) is 2.61. The van der Waals surface area contributed by atoms with E-state index in [-0.39, 0.29) is 16.7 Å². The Morgan fingerprint density at radius 2 is 1.81 bits per heavy atom. The predicted octanol–water partition coefficient (Wildman–Crippen LogP) is 4.77. The first-order valence-corrected chi connectivity index (χ1v) is 8.48. The number of urea groups is 1. The summed E-state index contributed by atoms with van der Waals surface area (Å²) >= 11 is 5.44. The molecule has 1 aliphatic rings. The normalized spacial score (nSPS) is 17.2. The first-order valence-electron chi connectivity index (χ1n) is 8.07. The Morgan fingerprint density at radius 1 is 1.11 bits per heavy atom. The molecule has 0 fully saturated rings. The molecule has 1 heterocycles. The Kier molecular flexibility index (Phi) is 5.18. The molecule has 3 N–H and O–H groups in total. The summed E-state index contributed by atoms with van der Waals surface area (Å²) < 4.78 is 38.8. The molecule has 0 spiro atoms. The van der Waals surface area contributed by atoms with Crippen LogP contribution in [0.25, 0.3) is 0 Å². The second-order valence-electron chi connectivity index (χ2n) is 6.01. The zero-order valence-electron chi connectivity index (χ0n) is 14.2. The van der Waals surface area contributed by atoms with Crippen molar-refractivity contribution in [2.45, 2.75) is 19.1 Å². The lowest BCUT2D eigenvalue weighted by atomic mass is 9.95. The van der Waals surface area contributed by atoms with Gasteiger partial charge in [-0.3, -0.25) is 0 Å². The second-order valence-corrected chi connectivity index (χ2v) is 6.42. The maximum absolute atomic E-state index is 12.9. The summed E-state index contributed by atoms with van der Waals surface area (Å²) in [6, 6.07) is 13.1. The molecule has 0 saturated carbocycles. The van der Waals surface area contributed by atoms with Crippen LogP contribution in [-0.2, 0) is 6.18 Å². The number of hydrogen-bond donors (Lipinski definition) is 3. The van der Waals surface area contributed by atoms with Crippen molar-refractivity contribution in [3.05, 3.63) is 77.0 Å². The van der Waals surface area contributed by atoms with Gasteiger partial charge in [-0.2, -0.15) is 13.2 Å².